The average molecular weight is 252 g/mol. The third-order valence-electron chi connectivity index (χ3n) is 2.00. The number of oxime groups is 1. The molecule has 1 aromatic carbocycles. The van der Waals surface area contributed by atoms with E-state index >= 15 is 0 Å². The van der Waals surface area contributed by atoms with Gasteiger partial charge in [0.15, 0.2) is 0 Å². The zero-order valence-electron chi connectivity index (χ0n) is 11.0. The quantitative estimate of drug-likeness (QED) is 0.499. The predicted octanol–water partition coefficient (Wildman–Crippen LogP) is 3.07. The van der Waals surface area contributed by atoms with Gasteiger partial charge in [0.05, 0.1) is 5.71 Å². The third kappa shape index (κ3) is 4.95. The fraction of sp³-hybridized carbons (Fsp3) is 0.385. The van der Waals surface area contributed by atoms with Crippen molar-refractivity contribution in [3.63, 3.8) is 0 Å². The second-order valence-electron chi connectivity index (χ2n) is 4.94. The van der Waals surface area contributed by atoms with E-state index in [-0.39, 0.29) is 11.4 Å². The van der Waals surface area contributed by atoms with E-state index in [1.54, 1.807) is 19.1 Å². The highest BCUT2D eigenvalue weighted by atomic mass is 19.1. The summed E-state index contributed by atoms with van der Waals surface area (Å²) in [5.41, 5.74) is 0.815. The third-order valence-corrected chi connectivity index (χ3v) is 2.00. The van der Waals surface area contributed by atoms with Gasteiger partial charge in [-0.25, -0.2) is 9.18 Å². The first-order valence-corrected chi connectivity index (χ1v) is 5.57. The van der Waals surface area contributed by atoms with Crippen LogP contribution in [0.3, 0.4) is 0 Å². The molecule has 0 fully saturated rings. The minimum absolute atomic E-state index is 0.321. The molecule has 0 saturated heterocycles. The largest absolute Gasteiger partial charge is 0.433 e. The van der Waals surface area contributed by atoms with Gasteiger partial charge in [0, 0.05) is 5.54 Å². The van der Waals surface area contributed by atoms with Crippen LogP contribution in [0, 0.1) is 5.82 Å². The molecule has 0 radical (unpaired) electrons. The molecule has 0 aliphatic heterocycles. The fourth-order valence-corrected chi connectivity index (χ4v) is 1.18. The number of carbonyl (C=O) groups is 1. The molecule has 0 bridgehead atoms. The smallest absolute Gasteiger partial charge is 0.315 e. The van der Waals surface area contributed by atoms with Crippen molar-refractivity contribution in [1.29, 1.82) is 0 Å². The maximum Gasteiger partial charge on any atom is 0.433 e. The van der Waals surface area contributed by atoms with Crippen LogP contribution in [0.2, 0.25) is 0 Å². The number of hydrogen-bond donors (Lipinski definition) is 1. The Kier molecular flexibility index (Phi) is 4.42. The fourth-order valence-electron chi connectivity index (χ4n) is 1.18. The molecule has 1 rings (SSSR count). The standard InChI is InChI=1S/C13H17FN2O2/c1-9(10-5-7-11(14)8-6-10)16-18-12(17)15-13(2,3)4/h5-8H,1-4H3,(H,15,17)/b16-9+. The Labute approximate surface area is 106 Å². The first-order chi connectivity index (χ1) is 8.28. The molecule has 0 spiro atoms. The van der Waals surface area contributed by atoms with E-state index in [0.717, 1.165) is 0 Å². The second kappa shape index (κ2) is 5.62. The lowest BCUT2D eigenvalue weighted by Gasteiger charge is -2.18. The van der Waals surface area contributed by atoms with Gasteiger partial charge in [-0.2, -0.15) is 0 Å². The van der Waals surface area contributed by atoms with Crippen LogP contribution in [-0.2, 0) is 4.84 Å². The Morgan fingerprint density at radius 3 is 2.33 bits per heavy atom. The van der Waals surface area contributed by atoms with Crippen LogP contribution >= 0.6 is 0 Å². The Balaban J connectivity index is 2.62. The number of halogens is 1. The summed E-state index contributed by atoms with van der Waals surface area (Å²) in [5, 5.41) is 6.30. The minimum atomic E-state index is -0.621. The molecule has 0 unspecified atom stereocenters. The summed E-state index contributed by atoms with van der Waals surface area (Å²) in [6.45, 7) is 7.19. The van der Waals surface area contributed by atoms with Gasteiger partial charge in [-0.3, -0.25) is 4.84 Å². The van der Waals surface area contributed by atoms with Gasteiger partial charge in [0.1, 0.15) is 5.82 Å². The van der Waals surface area contributed by atoms with Gasteiger partial charge in [0.2, 0.25) is 0 Å². The maximum absolute atomic E-state index is 12.7. The number of rotatable bonds is 2. The summed E-state index contributed by atoms with van der Waals surface area (Å²) in [7, 11) is 0. The van der Waals surface area contributed by atoms with Crippen LogP contribution < -0.4 is 5.32 Å². The highest BCUT2D eigenvalue weighted by Gasteiger charge is 2.14. The van der Waals surface area contributed by atoms with E-state index in [1.165, 1.54) is 12.1 Å². The summed E-state index contributed by atoms with van der Waals surface area (Å²) in [6.07, 6.45) is -0.621. The molecule has 5 heteroatoms. The van der Waals surface area contributed by atoms with E-state index in [1.807, 2.05) is 20.8 Å². The van der Waals surface area contributed by atoms with E-state index < -0.39 is 6.09 Å². The zero-order valence-corrected chi connectivity index (χ0v) is 11.0. The lowest BCUT2D eigenvalue weighted by Crippen LogP contribution is -2.40. The normalized spacial score (nSPS) is 12.2. The molecular formula is C13H17FN2O2. The Hall–Kier alpha value is -1.91. The lowest BCUT2D eigenvalue weighted by molar-refractivity contribution is 0.142. The van der Waals surface area contributed by atoms with Crippen LogP contribution in [0.4, 0.5) is 9.18 Å². The molecule has 98 valence electrons. The number of nitrogens with one attached hydrogen (secondary N) is 1. The summed E-state index contributed by atoms with van der Waals surface area (Å²) in [6, 6.07) is 5.78. The maximum atomic E-state index is 12.7. The van der Waals surface area contributed by atoms with Crippen LogP contribution in [0.5, 0.6) is 0 Å². The van der Waals surface area contributed by atoms with Crippen molar-refractivity contribution in [2.75, 3.05) is 0 Å². The van der Waals surface area contributed by atoms with Crippen molar-refractivity contribution in [3.05, 3.63) is 35.6 Å². The molecule has 1 aromatic rings. The molecule has 4 nitrogen and oxygen atoms in total. The number of carbonyl (C=O) groups excluding carboxylic acids is 1. The molecule has 0 aliphatic rings. The number of amides is 1. The lowest BCUT2D eigenvalue weighted by atomic mass is 10.1. The van der Waals surface area contributed by atoms with E-state index in [2.05, 4.69) is 10.5 Å². The number of benzene rings is 1. The molecule has 0 heterocycles. The average Bonchev–Trinajstić information content (AvgIpc) is 2.24. The van der Waals surface area contributed by atoms with Crippen LogP contribution in [0.15, 0.2) is 29.4 Å². The highest BCUT2D eigenvalue weighted by molar-refractivity contribution is 5.98. The van der Waals surface area contributed by atoms with Gasteiger partial charge in [-0.1, -0.05) is 17.3 Å². The Bertz CT molecular complexity index is 447. The van der Waals surface area contributed by atoms with Gasteiger partial charge in [0.25, 0.3) is 0 Å². The van der Waals surface area contributed by atoms with E-state index in [4.69, 9.17) is 4.84 Å². The van der Waals surface area contributed by atoms with Crippen molar-refractivity contribution in [1.82, 2.24) is 5.32 Å². The summed E-state index contributed by atoms with van der Waals surface area (Å²) in [4.78, 5) is 16.1. The zero-order chi connectivity index (χ0) is 13.8. The van der Waals surface area contributed by atoms with E-state index in [0.29, 0.717) is 11.3 Å². The minimum Gasteiger partial charge on any atom is -0.315 e. The molecule has 0 atom stereocenters. The van der Waals surface area contributed by atoms with Crippen molar-refractivity contribution >= 4 is 11.8 Å². The van der Waals surface area contributed by atoms with Crippen molar-refractivity contribution in [2.45, 2.75) is 33.2 Å². The Morgan fingerprint density at radius 2 is 1.83 bits per heavy atom. The Morgan fingerprint density at radius 1 is 1.28 bits per heavy atom. The van der Waals surface area contributed by atoms with Gasteiger partial charge in [-0.05, 0) is 45.4 Å². The van der Waals surface area contributed by atoms with Gasteiger partial charge >= 0.3 is 6.09 Å². The van der Waals surface area contributed by atoms with Crippen molar-refractivity contribution in [3.8, 4) is 0 Å². The molecule has 0 saturated carbocycles. The van der Waals surface area contributed by atoms with Crippen molar-refractivity contribution in [2.24, 2.45) is 5.16 Å². The van der Waals surface area contributed by atoms with Crippen LogP contribution in [-0.4, -0.2) is 17.3 Å². The van der Waals surface area contributed by atoms with Crippen LogP contribution in [0.25, 0.3) is 0 Å². The monoisotopic (exact) mass is 252 g/mol. The first-order valence-electron chi connectivity index (χ1n) is 5.57. The second-order valence-corrected chi connectivity index (χ2v) is 4.94. The molecule has 1 amide bonds. The predicted molar refractivity (Wildman–Crippen MR) is 68.0 cm³/mol. The molecule has 18 heavy (non-hydrogen) atoms. The molecular weight excluding hydrogens is 235 g/mol. The summed E-state index contributed by atoms with van der Waals surface area (Å²) < 4.78 is 12.7. The van der Waals surface area contributed by atoms with E-state index in [9.17, 15) is 9.18 Å². The SMILES string of the molecule is C/C(=N\OC(=O)NC(C)(C)C)c1ccc(F)cc1. The number of hydrogen-bond acceptors (Lipinski definition) is 3. The first kappa shape index (κ1) is 14.2. The van der Waals surface area contributed by atoms with Gasteiger partial charge < -0.3 is 5.32 Å². The molecule has 1 N–H and O–H groups in total. The topological polar surface area (TPSA) is 50.7 Å². The highest BCUT2D eigenvalue weighted by Crippen LogP contribution is 2.05. The van der Waals surface area contributed by atoms with Gasteiger partial charge in [-0.15, -0.1) is 0 Å². The van der Waals surface area contributed by atoms with Crippen molar-refractivity contribution < 1.29 is 14.0 Å². The molecule has 0 aromatic heterocycles. The number of nitrogens with zero attached hydrogens (tertiary/aromatic N) is 1. The van der Waals surface area contributed by atoms with Crippen LogP contribution in [0.1, 0.15) is 33.3 Å². The summed E-state index contributed by atoms with van der Waals surface area (Å²) >= 11 is 0. The molecule has 0 aliphatic carbocycles. The summed E-state index contributed by atoms with van der Waals surface area (Å²) in [5.74, 6) is -0.321.